The van der Waals surface area contributed by atoms with E-state index in [1.54, 1.807) is 31.3 Å². The summed E-state index contributed by atoms with van der Waals surface area (Å²) in [5.74, 6) is -2.78. The third kappa shape index (κ3) is 9.62. The molecule has 1 saturated heterocycles. The Balaban J connectivity index is 1.57. The summed E-state index contributed by atoms with van der Waals surface area (Å²) in [7, 11) is 1.51. The predicted molar refractivity (Wildman–Crippen MR) is 165 cm³/mol. The molecule has 7 atom stereocenters. The highest BCUT2D eigenvalue weighted by Crippen LogP contribution is 2.45. The van der Waals surface area contributed by atoms with Crippen LogP contribution in [0.15, 0.2) is 60.8 Å². The maximum atomic E-state index is 13.5. The van der Waals surface area contributed by atoms with E-state index in [0.717, 1.165) is 5.56 Å². The Hall–Kier alpha value is -4.25. The van der Waals surface area contributed by atoms with E-state index in [1.165, 1.54) is 13.2 Å². The molecule has 0 bridgehead atoms. The molecular formula is C34H43N3O8. The molecule has 2 aliphatic heterocycles. The first-order chi connectivity index (χ1) is 21.5. The number of carbonyl (C=O) groups excluding carboxylic acids is 4. The third-order valence-electron chi connectivity index (χ3n) is 7.93. The molecule has 0 aliphatic carbocycles. The Morgan fingerprint density at radius 3 is 2.42 bits per heavy atom. The number of benzene rings is 1. The highest BCUT2D eigenvalue weighted by Gasteiger charge is 2.47. The van der Waals surface area contributed by atoms with E-state index in [0.29, 0.717) is 11.4 Å². The van der Waals surface area contributed by atoms with Crippen LogP contribution in [0.5, 0.6) is 5.88 Å². The van der Waals surface area contributed by atoms with E-state index in [1.807, 2.05) is 51.1 Å². The number of hydrogen-bond donors (Lipinski definition) is 2. The zero-order valence-electron chi connectivity index (χ0n) is 26.4. The van der Waals surface area contributed by atoms with Crippen LogP contribution in [0.25, 0.3) is 0 Å². The molecule has 2 aliphatic rings. The summed E-state index contributed by atoms with van der Waals surface area (Å²) >= 11 is 0. The van der Waals surface area contributed by atoms with E-state index < -0.39 is 47.9 Å². The first-order valence-electron chi connectivity index (χ1n) is 15.4. The van der Waals surface area contributed by atoms with Crippen molar-refractivity contribution >= 4 is 23.8 Å². The molecule has 242 valence electrons. The Kier molecular flexibility index (Phi) is 11.7. The predicted octanol–water partition coefficient (Wildman–Crippen LogP) is 3.48. The number of pyridine rings is 1. The number of esters is 2. The number of ether oxygens (including phenoxy) is 4. The van der Waals surface area contributed by atoms with Crippen LogP contribution in [0.3, 0.4) is 0 Å². The molecule has 4 rings (SSSR count). The lowest BCUT2D eigenvalue weighted by Crippen LogP contribution is -2.49. The van der Waals surface area contributed by atoms with E-state index >= 15 is 0 Å². The normalized spacial score (nSPS) is 27.9. The van der Waals surface area contributed by atoms with Gasteiger partial charge in [-0.25, -0.2) is 9.78 Å². The summed E-state index contributed by atoms with van der Waals surface area (Å²) in [5, 5.41) is 5.48. The third-order valence-corrected chi connectivity index (χ3v) is 7.93. The molecule has 3 heterocycles. The summed E-state index contributed by atoms with van der Waals surface area (Å²) in [6.45, 7) is 7.33. The van der Waals surface area contributed by atoms with Crippen LogP contribution in [0, 0.1) is 17.8 Å². The lowest BCUT2D eigenvalue weighted by atomic mass is 9.93. The largest absolute Gasteiger partial charge is 0.481 e. The second kappa shape index (κ2) is 15.7. The summed E-state index contributed by atoms with van der Waals surface area (Å²) < 4.78 is 22.8. The standard InChI is InChI=1S/C34H43N3O8/c1-20(2)16-27-34(41)43-26(22(4)30-31(45-30)24-10-7-6-8-11-24)12-9-13-28(38)37-25(17-23-14-15-29(42-5)35-19-23)32(39)36-18-21(3)33(40)44-27/h6-11,13-15,19-22,25-27,30-31H,12,16-18H2,1-5H3,(H,36,39)(H,37,38)/b13-9+/t21-,22+,25-,26+,27+,30-,31-/m1/s1. The quantitative estimate of drug-likeness (QED) is 0.334. The van der Waals surface area contributed by atoms with Gasteiger partial charge in [0.15, 0.2) is 6.10 Å². The Morgan fingerprint density at radius 1 is 1.00 bits per heavy atom. The highest BCUT2D eigenvalue weighted by molar-refractivity contribution is 5.93. The van der Waals surface area contributed by atoms with Crippen LogP contribution in [0.4, 0.5) is 0 Å². The van der Waals surface area contributed by atoms with Crippen molar-refractivity contribution in [2.45, 2.75) is 77.4 Å². The van der Waals surface area contributed by atoms with Crippen molar-refractivity contribution in [3.63, 3.8) is 0 Å². The Labute approximate surface area is 264 Å². The van der Waals surface area contributed by atoms with Crippen molar-refractivity contribution in [3.8, 4) is 5.88 Å². The number of nitrogens with one attached hydrogen (secondary N) is 2. The van der Waals surface area contributed by atoms with Gasteiger partial charge in [0.25, 0.3) is 0 Å². The van der Waals surface area contributed by atoms with Gasteiger partial charge in [0.1, 0.15) is 18.2 Å². The molecule has 45 heavy (non-hydrogen) atoms. The lowest BCUT2D eigenvalue weighted by molar-refractivity contribution is -0.176. The molecule has 2 aromatic rings. The van der Waals surface area contributed by atoms with Gasteiger partial charge in [-0.1, -0.05) is 70.2 Å². The Bertz CT molecular complexity index is 1350. The molecule has 11 nitrogen and oxygen atoms in total. The molecule has 0 saturated carbocycles. The van der Waals surface area contributed by atoms with Crippen LogP contribution in [-0.2, 0) is 39.8 Å². The van der Waals surface area contributed by atoms with Crippen molar-refractivity contribution in [2.24, 2.45) is 17.8 Å². The zero-order valence-corrected chi connectivity index (χ0v) is 26.4. The number of cyclic esters (lactones) is 2. The van der Waals surface area contributed by atoms with Crippen LogP contribution >= 0.6 is 0 Å². The fourth-order valence-corrected chi connectivity index (χ4v) is 5.20. The van der Waals surface area contributed by atoms with Crippen LogP contribution in [-0.4, -0.2) is 66.7 Å². The molecular weight excluding hydrogens is 578 g/mol. The summed E-state index contributed by atoms with van der Waals surface area (Å²) in [6, 6.07) is 12.3. The van der Waals surface area contributed by atoms with Crippen LogP contribution in [0.1, 0.15) is 57.8 Å². The van der Waals surface area contributed by atoms with Gasteiger partial charge in [-0.3, -0.25) is 14.4 Å². The summed E-state index contributed by atoms with van der Waals surface area (Å²) in [6.07, 6.45) is 3.05. The first-order valence-corrected chi connectivity index (χ1v) is 15.4. The molecule has 2 N–H and O–H groups in total. The maximum Gasteiger partial charge on any atom is 0.347 e. The van der Waals surface area contributed by atoms with Gasteiger partial charge >= 0.3 is 11.9 Å². The zero-order chi connectivity index (χ0) is 32.5. The van der Waals surface area contributed by atoms with Crippen molar-refractivity contribution in [3.05, 3.63) is 71.9 Å². The molecule has 0 radical (unpaired) electrons. The van der Waals surface area contributed by atoms with Crippen LogP contribution in [0.2, 0.25) is 0 Å². The summed E-state index contributed by atoms with van der Waals surface area (Å²) in [5.41, 5.74) is 1.73. The topological polar surface area (TPSA) is 145 Å². The molecule has 0 spiro atoms. The van der Waals surface area contributed by atoms with Crippen LogP contribution < -0.4 is 15.4 Å². The number of nitrogens with zero attached hydrogens (tertiary/aromatic N) is 1. The van der Waals surface area contributed by atoms with Crippen molar-refractivity contribution in [1.82, 2.24) is 15.6 Å². The van der Waals surface area contributed by atoms with Gasteiger partial charge in [-0.05, 0) is 29.5 Å². The van der Waals surface area contributed by atoms with Gasteiger partial charge in [0, 0.05) is 37.6 Å². The molecule has 11 heteroatoms. The number of carbonyl (C=O) groups is 4. The van der Waals surface area contributed by atoms with Gasteiger partial charge in [-0.2, -0.15) is 0 Å². The average molecular weight is 622 g/mol. The number of methoxy groups -OCH3 is 1. The number of hydrogen-bond acceptors (Lipinski definition) is 9. The Morgan fingerprint density at radius 2 is 1.76 bits per heavy atom. The fourth-order valence-electron chi connectivity index (χ4n) is 5.20. The van der Waals surface area contributed by atoms with Gasteiger partial charge < -0.3 is 29.6 Å². The number of aromatic nitrogens is 1. The molecule has 2 amide bonds. The maximum absolute atomic E-state index is 13.5. The molecule has 0 unspecified atom stereocenters. The number of epoxide rings is 1. The second-order valence-electron chi connectivity index (χ2n) is 12.1. The highest BCUT2D eigenvalue weighted by atomic mass is 16.6. The monoisotopic (exact) mass is 621 g/mol. The van der Waals surface area contributed by atoms with E-state index in [4.69, 9.17) is 18.9 Å². The van der Waals surface area contributed by atoms with Crippen molar-refractivity contribution < 1.29 is 38.1 Å². The minimum atomic E-state index is -1.12. The van der Waals surface area contributed by atoms with Crippen molar-refractivity contribution in [2.75, 3.05) is 13.7 Å². The van der Waals surface area contributed by atoms with Gasteiger partial charge in [0.2, 0.25) is 17.7 Å². The van der Waals surface area contributed by atoms with E-state index in [2.05, 4.69) is 15.6 Å². The minimum Gasteiger partial charge on any atom is -0.481 e. The molecule has 1 fully saturated rings. The second-order valence-corrected chi connectivity index (χ2v) is 12.1. The fraction of sp³-hybridized carbons (Fsp3) is 0.500. The SMILES string of the molecule is COc1ccc(C[C@H]2NC(=O)/C=C/C[C@@H]([C@H](C)[C@H]3O[C@@H]3c3ccccc3)OC(=O)[C@H](CC(C)C)OC(=O)[C@H](C)CNC2=O)cn1. The summed E-state index contributed by atoms with van der Waals surface area (Å²) in [4.78, 5) is 56.9. The molecule has 1 aromatic heterocycles. The average Bonchev–Trinajstić information content (AvgIpc) is 3.83. The smallest absolute Gasteiger partial charge is 0.347 e. The number of rotatable bonds is 8. The minimum absolute atomic E-state index is 0.0397. The lowest BCUT2D eigenvalue weighted by Gasteiger charge is -2.27. The first kappa shape index (κ1) is 33.6. The van der Waals surface area contributed by atoms with Crippen molar-refractivity contribution in [1.29, 1.82) is 0 Å². The number of amides is 2. The van der Waals surface area contributed by atoms with Gasteiger partial charge in [0.05, 0.1) is 19.1 Å². The molecule has 1 aromatic carbocycles. The van der Waals surface area contributed by atoms with Gasteiger partial charge in [-0.15, -0.1) is 0 Å². The van der Waals surface area contributed by atoms with E-state index in [9.17, 15) is 19.2 Å². The van der Waals surface area contributed by atoms with E-state index in [-0.39, 0.29) is 49.9 Å².